The SMILES string of the molecule is Cc1ccc(-c2nc(C)c3n2CCC(N)C3)c(C)c1. The van der Waals surface area contributed by atoms with Crippen molar-refractivity contribution in [2.45, 2.75) is 46.2 Å². The summed E-state index contributed by atoms with van der Waals surface area (Å²) in [4.78, 5) is 4.79. The Hall–Kier alpha value is -1.61. The van der Waals surface area contributed by atoms with Crippen LogP contribution < -0.4 is 5.73 Å². The Labute approximate surface area is 114 Å². The minimum Gasteiger partial charge on any atom is -0.328 e. The molecule has 1 aliphatic rings. The van der Waals surface area contributed by atoms with E-state index in [1.54, 1.807) is 0 Å². The number of benzene rings is 1. The lowest BCUT2D eigenvalue weighted by molar-refractivity contribution is 0.473. The molecule has 3 heteroatoms. The van der Waals surface area contributed by atoms with Gasteiger partial charge in [0.25, 0.3) is 0 Å². The van der Waals surface area contributed by atoms with E-state index in [0.29, 0.717) is 0 Å². The van der Waals surface area contributed by atoms with E-state index >= 15 is 0 Å². The maximum atomic E-state index is 6.08. The molecule has 3 rings (SSSR count). The predicted octanol–water partition coefficient (Wildman–Crippen LogP) is 2.75. The molecular weight excluding hydrogens is 234 g/mol. The summed E-state index contributed by atoms with van der Waals surface area (Å²) in [5, 5.41) is 0. The Kier molecular flexibility index (Phi) is 2.94. The summed E-state index contributed by atoms with van der Waals surface area (Å²) >= 11 is 0. The molecule has 0 fully saturated rings. The number of aromatic nitrogens is 2. The normalized spacial score (nSPS) is 18.4. The lowest BCUT2D eigenvalue weighted by Gasteiger charge is -2.22. The molecule has 1 unspecified atom stereocenters. The van der Waals surface area contributed by atoms with Gasteiger partial charge in [-0.15, -0.1) is 0 Å². The van der Waals surface area contributed by atoms with Gasteiger partial charge in [-0.05, 0) is 32.8 Å². The van der Waals surface area contributed by atoms with Gasteiger partial charge in [0.15, 0.2) is 0 Å². The monoisotopic (exact) mass is 255 g/mol. The highest BCUT2D eigenvalue weighted by molar-refractivity contribution is 5.62. The summed E-state index contributed by atoms with van der Waals surface area (Å²) in [6.45, 7) is 7.37. The standard InChI is InChI=1S/C16H21N3/c1-10-4-5-14(11(2)8-10)16-18-12(3)15-9-13(17)6-7-19(15)16/h4-5,8,13H,6-7,9,17H2,1-3H3. The number of aryl methyl sites for hydroxylation is 3. The van der Waals surface area contributed by atoms with Gasteiger partial charge in [0.1, 0.15) is 5.82 Å². The second kappa shape index (κ2) is 4.49. The number of fused-ring (bicyclic) bond motifs is 1. The molecule has 2 aromatic rings. The van der Waals surface area contributed by atoms with Crippen LogP contribution in [0.4, 0.5) is 0 Å². The molecule has 3 nitrogen and oxygen atoms in total. The van der Waals surface area contributed by atoms with Gasteiger partial charge in [0, 0.05) is 30.3 Å². The van der Waals surface area contributed by atoms with E-state index in [-0.39, 0.29) is 6.04 Å². The highest BCUT2D eigenvalue weighted by Gasteiger charge is 2.22. The first-order valence-corrected chi connectivity index (χ1v) is 6.95. The largest absolute Gasteiger partial charge is 0.328 e. The third-order valence-electron chi connectivity index (χ3n) is 4.07. The summed E-state index contributed by atoms with van der Waals surface area (Å²) in [5.41, 5.74) is 12.4. The molecule has 0 bridgehead atoms. The first-order chi connectivity index (χ1) is 9.06. The molecule has 0 amide bonds. The van der Waals surface area contributed by atoms with E-state index in [4.69, 9.17) is 10.7 Å². The fourth-order valence-electron chi connectivity index (χ4n) is 3.02. The van der Waals surface area contributed by atoms with Gasteiger partial charge in [0.05, 0.1) is 5.69 Å². The van der Waals surface area contributed by atoms with E-state index in [9.17, 15) is 0 Å². The zero-order chi connectivity index (χ0) is 13.6. The van der Waals surface area contributed by atoms with Gasteiger partial charge in [0.2, 0.25) is 0 Å². The van der Waals surface area contributed by atoms with Crippen molar-refractivity contribution in [1.82, 2.24) is 9.55 Å². The van der Waals surface area contributed by atoms with E-state index in [1.165, 1.54) is 22.4 Å². The minimum absolute atomic E-state index is 0.287. The first kappa shape index (κ1) is 12.4. The Balaban J connectivity index is 2.14. The number of nitrogens with zero attached hydrogens (tertiary/aromatic N) is 2. The lowest BCUT2D eigenvalue weighted by Crippen LogP contribution is -2.31. The molecule has 0 aliphatic carbocycles. The minimum atomic E-state index is 0.287. The lowest BCUT2D eigenvalue weighted by atomic mass is 10.0. The van der Waals surface area contributed by atoms with Crippen LogP contribution in [0.3, 0.4) is 0 Å². The Bertz CT molecular complexity index is 625. The van der Waals surface area contributed by atoms with Crippen LogP contribution in [-0.2, 0) is 13.0 Å². The van der Waals surface area contributed by atoms with Gasteiger partial charge < -0.3 is 10.3 Å². The maximum Gasteiger partial charge on any atom is 0.140 e. The average Bonchev–Trinajstić information content (AvgIpc) is 2.66. The van der Waals surface area contributed by atoms with Crippen LogP contribution in [0.2, 0.25) is 0 Å². The van der Waals surface area contributed by atoms with Crippen LogP contribution >= 0.6 is 0 Å². The Morgan fingerprint density at radius 1 is 1.26 bits per heavy atom. The number of imidazole rings is 1. The predicted molar refractivity (Wildman–Crippen MR) is 78.2 cm³/mol. The second-order valence-corrected chi connectivity index (χ2v) is 5.69. The summed E-state index contributed by atoms with van der Waals surface area (Å²) in [5.74, 6) is 1.11. The molecule has 2 heterocycles. The molecule has 1 aliphatic heterocycles. The van der Waals surface area contributed by atoms with E-state index in [0.717, 1.165) is 30.9 Å². The molecule has 1 aromatic carbocycles. The van der Waals surface area contributed by atoms with Crippen LogP contribution in [0.1, 0.15) is 28.9 Å². The van der Waals surface area contributed by atoms with Crippen LogP contribution in [0.25, 0.3) is 11.4 Å². The van der Waals surface area contributed by atoms with E-state index < -0.39 is 0 Å². The van der Waals surface area contributed by atoms with Crippen molar-refractivity contribution >= 4 is 0 Å². The second-order valence-electron chi connectivity index (χ2n) is 5.69. The van der Waals surface area contributed by atoms with Crippen molar-refractivity contribution < 1.29 is 0 Å². The molecule has 0 radical (unpaired) electrons. The van der Waals surface area contributed by atoms with E-state index in [2.05, 4.69) is 43.5 Å². The molecule has 1 aromatic heterocycles. The van der Waals surface area contributed by atoms with Crippen molar-refractivity contribution in [3.8, 4) is 11.4 Å². The van der Waals surface area contributed by atoms with Crippen molar-refractivity contribution in [3.63, 3.8) is 0 Å². The number of hydrogen-bond acceptors (Lipinski definition) is 2. The van der Waals surface area contributed by atoms with Crippen molar-refractivity contribution in [2.75, 3.05) is 0 Å². The van der Waals surface area contributed by atoms with Crippen LogP contribution in [0.15, 0.2) is 18.2 Å². The third-order valence-corrected chi connectivity index (χ3v) is 4.07. The van der Waals surface area contributed by atoms with Gasteiger partial charge in [-0.25, -0.2) is 4.98 Å². The summed E-state index contributed by atoms with van der Waals surface area (Å²) in [6.07, 6.45) is 1.99. The molecule has 1 atom stereocenters. The fraction of sp³-hybridized carbons (Fsp3) is 0.438. The number of nitrogens with two attached hydrogens (primary N) is 1. The average molecular weight is 255 g/mol. The molecular formula is C16H21N3. The summed E-state index contributed by atoms with van der Waals surface area (Å²) in [6, 6.07) is 6.86. The highest BCUT2D eigenvalue weighted by atomic mass is 15.1. The molecule has 2 N–H and O–H groups in total. The fourth-order valence-corrected chi connectivity index (χ4v) is 3.02. The molecule has 0 saturated carbocycles. The van der Waals surface area contributed by atoms with Gasteiger partial charge >= 0.3 is 0 Å². The maximum absolute atomic E-state index is 6.08. The molecule has 100 valence electrons. The Morgan fingerprint density at radius 2 is 2.05 bits per heavy atom. The summed E-state index contributed by atoms with van der Waals surface area (Å²) < 4.78 is 2.36. The van der Waals surface area contributed by atoms with Crippen LogP contribution in [0.5, 0.6) is 0 Å². The zero-order valence-corrected chi connectivity index (χ0v) is 11.9. The van der Waals surface area contributed by atoms with Crippen molar-refractivity contribution in [1.29, 1.82) is 0 Å². The smallest absolute Gasteiger partial charge is 0.140 e. The van der Waals surface area contributed by atoms with Gasteiger partial charge in [-0.2, -0.15) is 0 Å². The van der Waals surface area contributed by atoms with Gasteiger partial charge in [-0.3, -0.25) is 0 Å². The van der Waals surface area contributed by atoms with E-state index in [1.807, 2.05) is 0 Å². The number of hydrogen-bond donors (Lipinski definition) is 1. The van der Waals surface area contributed by atoms with Crippen molar-refractivity contribution in [2.24, 2.45) is 5.73 Å². The Morgan fingerprint density at radius 3 is 2.79 bits per heavy atom. The molecule has 0 spiro atoms. The first-order valence-electron chi connectivity index (χ1n) is 6.95. The highest BCUT2D eigenvalue weighted by Crippen LogP contribution is 2.29. The zero-order valence-electron chi connectivity index (χ0n) is 11.9. The molecule has 19 heavy (non-hydrogen) atoms. The topological polar surface area (TPSA) is 43.8 Å². The third kappa shape index (κ3) is 2.08. The van der Waals surface area contributed by atoms with Crippen molar-refractivity contribution in [3.05, 3.63) is 40.7 Å². The quantitative estimate of drug-likeness (QED) is 0.851. The summed E-state index contributed by atoms with van der Waals surface area (Å²) in [7, 11) is 0. The molecule has 0 saturated heterocycles. The number of rotatable bonds is 1. The van der Waals surface area contributed by atoms with Crippen LogP contribution in [-0.4, -0.2) is 15.6 Å². The van der Waals surface area contributed by atoms with Gasteiger partial charge in [-0.1, -0.05) is 23.8 Å². The van der Waals surface area contributed by atoms with Crippen LogP contribution in [0, 0.1) is 20.8 Å².